The predicted octanol–water partition coefficient (Wildman–Crippen LogP) is 3.47. The van der Waals surface area contributed by atoms with Gasteiger partial charge >= 0.3 is 6.03 Å². The molecule has 0 saturated carbocycles. The van der Waals surface area contributed by atoms with Gasteiger partial charge in [0.15, 0.2) is 5.54 Å². The van der Waals surface area contributed by atoms with Crippen molar-refractivity contribution in [1.82, 2.24) is 20.1 Å². The number of nitrogens with zero attached hydrogens (tertiary/aromatic N) is 3. The van der Waals surface area contributed by atoms with Gasteiger partial charge < -0.3 is 10.1 Å². The maximum Gasteiger partial charge on any atom is 0.326 e. The number of hydrogen-bond donors (Lipinski definition) is 1. The van der Waals surface area contributed by atoms with Gasteiger partial charge in [-0.15, -0.1) is 0 Å². The molecule has 34 heavy (non-hydrogen) atoms. The third-order valence-corrected chi connectivity index (χ3v) is 7.06. The first-order valence-electron chi connectivity index (χ1n) is 11.5. The number of carbonyl (C=O) groups is 2. The molecular weight excluding hydrogens is 428 g/mol. The molecule has 1 aromatic heterocycles. The van der Waals surface area contributed by atoms with E-state index in [1.807, 2.05) is 54.6 Å². The number of hydrogen-bond acceptors (Lipinski definition) is 5. The maximum absolute atomic E-state index is 13.9. The number of rotatable bonds is 6. The van der Waals surface area contributed by atoms with Crippen molar-refractivity contribution in [3.8, 4) is 0 Å². The molecule has 2 saturated heterocycles. The Balaban J connectivity index is 1.38. The highest BCUT2D eigenvalue weighted by molar-refractivity contribution is 6.09. The molecule has 1 N–H and O–H groups in total. The van der Waals surface area contributed by atoms with E-state index >= 15 is 0 Å². The van der Waals surface area contributed by atoms with Crippen molar-refractivity contribution >= 4 is 11.9 Å². The Morgan fingerprint density at radius 2 is 1.50 bits per heavy atom. The lowest BCUT2D eigenvalue weighted by molar-refractivity contribution is -0.132. The van der Waals surface area contributed by atoms with Crippen LogP contribution in [0.3, 0.4) is 0 Å². The van der Waals surface area contributed by atoms with Gasteiger partial charge in [-0.2, -0.15) is 0 Å². The van der Waals surface area contributed by atoms with Gasteiger partial charge in [0.05, 0.1) is 18.0 Å². The van der Waals surface area contributed by atoms with Gasteiger partial charge in [-0.25, -0.2) is 9.69 Å². The van der Waals surface area contributed by atoms with Crippen LogP contribution in [0.4, 0.5) is 4.79 Å². The molecule has 3 amide bonds. The zero-order valence-electron chi connectivity index (χ0n) is 19.2. The predicted molar refractivity (Wildman–Crippen MR) is 128 cm³/mol. The molecule has 1 unspecified atom stereocenters. The Hall–Kier alpha value is -3.55. The van der Waals surface area contributed by atoms with Gasteiger partial charge in [-0.1, -0.05) is 66.7 Å². The summed E-state index contributed by atoms with van der Waals surface area (Å²) in [6.45, 7) is 1.64. The number of likely N-dealkylation sites (tertiary alicyclic amines) is 1. The number of pyridine rings is 1. The Kier molecular flexibility index (Phi) is 5.89. The fourth-order valence-corrected chi connectivity index (χ4v) is 5.10. The van der Waals surface area contributed by atoms with Crippen molar-refractivity contribution < 1.29 is 14.3 Å². The molecule has 2 aliphatic heterocycles. The summed E-state index contributed by atoms with van der Waals surface area (Å²) < 4.78 is 5.98. The summed E-state index contributed by atoms with van der Waals surface area (Å²) in [6.07, 6.45) is 3.20. The zero-order valence-corrected chi connectivity index (χ0v) is 19.2. The highest BCUT2D eigenvalue weighted by atomic mass is 16.5. The highest BCUT2D eigenvalue weighted by Crippen LogP contribution is 2.38. The molecule has 2 aliphatic rings. The van der Waals surface area contributed by atoms with Crippen molar-refractivity contribution in [1.29, 1.82) is 0 Å². The maximum atomic E-state index is 13.9. The van der Waals surface area contributed by atoms with E-state index in [1.54, 1.807) is 25.4 Å². The summed E-state index contributed by atoms with van der Waals surface area (Å²) in [6, 6.07) is 24.5. The number of imide groups is 1. The monoisotopic (exact) mass is 456 g/mol. The number of aromatic nitrogens is 1. The van der Waals surface area contributed by atoms with Crippen LogP contribution in [-0.2, 0) is 20.7 Å². The van der Waals surface area contributed by atoms with E-state index in [9.17, 15) is 9.59 Å². The van der Waals surface area contributed by atoms with Crippen LogP contribution in [0.25, 0.3) is 0 Å². The van der Waals surface area contributed by atoms with Crippen LogP contribution < -0.4 is 5.32 Å². The molecule has 2 aromatic carbocycles. The van der Waals surface area contributed by atoms with Gasteiger partial charge in [-0.3, -0.25) is 14.7 Å². The summed E-state index contributed by atoms with van der Waals surface area (Å²) in [5.74, 6) is -0.311. The molecule has 5 rings (SSSR count). The summed E-state index contributed by atoms with van der Waals surface area (Å²) in [5.41, 5.74) is 0.663. The lowest BCUT2D eigenvalue weighted by Gasteiger charge is -2.42. The van der Waals surface area contributed by atoms with Crippen LogP contribution in [0.1, 0.15) is 29.7 Å². The van der Waals surface area contributed by atoms with Crippen molar-refractivity contribution in [2.45, 2.75) is 24.0 Å². The number of amides is 3. The number of ether oxygens (including phenoxy) is 1. The third kappa shape index (κ3) is 3.67. The van der Waals surface area contributed by atoms with Crippen LogP contribution in [-0.4, -0.2) is 53.6 Å². The second-order valence-electron chi connectivity index (χ2n) is 8.82. The largest absolute Gasteiger partial charge is 0.373 e. The lowest BCUT2D eigenvalue weighted by atomic mass is 9.84. The summed E-state index contributed by atoms with van der Waals surface area (Å²) >= 11 is 0. The topological polar surface area (TPSA) is 74.8 Å². The number of benzene rings is 2. The zero-order chi connectivity index (χ0) is 23.6. The highest BCUT2D eigenvalue weighted by Gasteiger charge is 2.55. The normalized spacial score (nSPS) is 22.6. The molecule has 7 heteroatoms. The standard InChI is InChI=1S/C27H28N4O3/c1-34-26(21-10-4-2-5-11-21)15-18-30(19-16-26)20-31-24(32)27(29-25(31)33,22-12-6-3-7-13-22)23-14-8-9-17-28-23/h2-14,17H,15-16,18-20H2,1H3,(H,29,33). The Morgan fingerprint density at radius 3 is 2.09 bits per heavy atom. The minimum atomic E-state index is -1.34. The minimum Gasteiger partial charge on any atom is -0.373 e. The number of urea groups is 1. The molecule has 3 aromatic rings. The molecule has 0 spiro atoms. The molecule has 7 nitrogen and oxygen atoms in total. The third-order valence-electron chi connectivity index (χ3n) is 7.06. The van der Waals surface area contributed by atoms with E-state index in [2.05, 4.69) is 27.3 Å². The van der Waals surface area contributed by atoms with Crippen LogP contribution >= 0.6 is 0 Å². The van der Waals surface area contributed by atoms with E-state index in [-0.39, 0.29) is 18.2 Å². The van der Waals surface area contributed by atoms with Gasteiger partial charge in [0.25, 0.3) is 5.91 Å². The van der Waals surface area contributed by atoms with Gasteiger partial charge in [0.2, 0.25) is 0 Å². The average Bonchev–Trinajstić information content (AvgIpc) is 3.16. The second-order valence-corrected chi connectivity index (χ2v) is 8.82. The smallest absolute Gasteiger partial charge is 0.326 e. The van der Waals surface area contributed by atoms with E-state index < -0.39 is 11.6 Å². The second kappa shape index (κ2) is 9.00. The lowest BCUT2D eigenvalue weighted by Crippen LogP contribution is -2.50. The van der Waals surface area contributed by atoms with Crippen LogP contribution in [0.15, 0.2) is 85.1 Å². The molecule has 0 radical (unpaired) electrons. The first-order chi connectivity index (χ1) is 16.6. The number of carbonyl (C=O) groups excluding carboxylic acids is 2. The summed E-state index contributed by atoms with van der Waals surface area (Å²) in [4.78, 5) is 34.9. The fourth-order valence-electron chi connectivity index (χ4n) is 5.10. The number of piperidine rings is 1. The Morgan fingerprint density at radius 1 is 0.882 bits per heavy atom. The van der Waals surface area contributed by atoms with E-state index in [0.29, 0.717) is 24.3 Å². The quantitative estimate of drug-likeness (QED) is 0.575. The van der Waals surface area contributed by atoms with Crippen LogP contribution in [0, 0.1) is 0 Å². The van der Waals surface area contributed by atoms with Crippen molar-refractivity contribution in [2.75, 3.05) is 26.9 Å². The molecule has 0 bridgehead atoms. The molecular formula is C27H28N4O3. The van der Waals surface area contributed by atoms with Gasteiger partial charge in [0, 0.05) is 26.4 Å². The van der Waals surface area contributed by atoms with Gasteiger partial charge in [-0.05, 0) is 36.1 Å². The van der Waals surface area contributed by atoms with E-state index in [4.69, 9.17) is 4.74 Å². The summed E-state index contributed by atoms with van der Waals surface area (Å²) in [7, 11) is 1.75. The first-order valence-corrected chi connectivity index (χ1v) is 11.5. The molecule has 174 valence electrons. The molecule has 2 fully saturated rings. The summed E-state index contributed by atoms with van der Waals surface area (Å²) in [5, 5.41) is 2.97. The van der Waals surface area contributed by atoms with E-state index in [1.165, 1.54) is 4.90 Å². The average molecular weight is 457 g/mol. The first kappa shape index (κ1) is 22.3. The van der Waals surface area contributed by atoms with Crippen LogP contribution in [0.5, 0.6) is 0 Å². The minimum absolute atomic E-state index is 0.223. The molecule has 0 aliphatic carbocycles. The van der Waals surface area contributed by atoms with Crippen molar-refractivity contribution in [3.63, 3.8) is 0 Å². The number of methoxy groups -OCH3 is 1. The SMILES string of the molecule is COC1(c2ccccc2)CCN(CN2C(=O)NC(c3ccccc3)(c3ccccn3)C2=O)CC1. The van der Waals surface area contributed by atoms with E-state index in [0.717, 1.165) is 18.4 Å². The molecule has 1 atom stereocenters. The van der Waals surface area contributed by atoms with Crippen molar-refractivity contribution in [3.05, 3.63) is 102 Å². The Bertz CT molecular complexity index is 1110. The fraction of sp³-hybridized carbons (Fsp3) is 0.296. The Labute approximate surface area is 199 Å². The van der Waals surface area contributed by atoms with Crippen molar-refractivity contribution in [2.24, 2.45) is 0 Å². The van der Waals surface area contributed by atoms with Crippen LogP contribution in [0.2, 0.25) is 0 Å². The number of nitrogens with one attached hydrogen (secondary N) is 1. The van der Waals surface area contributed by atoms with Gasteiger partial charge in [0.1, 0.15) is 0 Å². The molecule has 3 heterocycles.